The normalized spacial score (nSPS) is 19.7. The molecule has 7 nitrogen and oxygen atoms in total. The number of alkyl halides is 4. The zero-order chi connectivity index (χ0) is 21.7. The first-order chi connectivity index (χ1) is 14.0. The van der Waals surface area contributed by atoms with Crippen LogP contribution in [-0.2, 0) is 6.18 Å². The highest BCUT2D eigenvalue weighted by Crippen LogP contribution is 2.38. The molecule has 2 fully saturated rings. The van der Waals surface area contributed by atoms with Gasteiger partial charge in [-0.1, -0.05) is 0 Å². The SMILES string of the molecule is CC1(O)CCN(c2nc(-c3ccc(N)nc3C(F)(F)F)cc(N3CC(F)C3)n2)CC1. The van der Waals surface area contributed by atoms with E-state index in [0.29, 0.717) is 31.7 Å². The van der Waals surface area contributed by atoms with E-state index in [0.717, 1.165) is 0 Å². The molecule has 2 saturated heterocycles. The Balaban J connectivity index is 1.78. The van der Waals surface area contributed by atoms with Crippen molar-refractivity contribution in [3.8, 4) is 11.3 Å². The van der Waals surface area contributed by atoms with Gasteiger partial charge in [-0.2, -0.15) is 18.2 Å². The van der Waals surface area contributed by atoms with Gasteiger partial charge in [0.05, 0.1) is 24.4 Å². The van der Waals surface area contributed by atoms with E-state index in [-0.39, 0.29) is 36.1 Å². The maximum Gasteiger partial charge on any atom is 0.434 e. The maximum absolute atomic E-state index is 13.6. The van der Waals surface area contributed by atoms with Crippen molar-refractivity contribution in [2.24, 2.45) is 0 Å². The Hall–Kier alpha value is -2.69. The van der Waals surface area contributed by atoms with Crippen LogP contribution in [0.1, 0.15) is 25.5 Å². The van der Waals surface area contributed by atoms with E-state index < -0.39 is 23.6 Å². The van der Waals surface area contributed by atoms with Crippen molar-refractivity contribution in [3.63, 3.8) is 0 Å². The molecule has 0 unspecified atom stereocenters. The molecular weight excluding hydrogens is 404 g/mol. The summed E-state index contributed by atoms with van der Waals surface area (Å²) in [5.41, 5.74) is 3.35. The number of pyridine rings is 1. The summed E-state index contributed by atoms with van der Waals surface area (Å²) in [4.78, 5) is 15.8. The Morgan fingerprint density at radius 1 is 1.10 bits per heavy atom. The van der Waals surface area contributed by atoms with Gasteiger partial charge in [-0.15, -0.1) is 0 Å². The lowest BCUT2D eigenvalue weighted by Crippen LogP contribution is -2.49. The second-order valence-electron chi connectivity index (χ2n) is 8.03. The van der Waals surface area contributed by atoms with Gasteiger partial charge in [0.15, 0.2) is 5.69 Å². The molecule has 0 aromatic carbocycles. The topological polar surface area (TPSA) is 91.4 Å². The monoisotopic (exact) mass is 426 g/mol. The van der Waals surface area contributed by atoms with Gasteiger partial charge in [0, 0.05) is 24.7 Å². The quantitative estimate of drug-likeness (QED) is 0.729. The predicted molar refractivity (Wildman–Crippen MR) is 104 cm³/mol. The smallest absolute Gasteiger partial charge is 0.390 e. The van der Waals surface area contributed by atoms with E-state index in [2.05, 4.69) is 15.0 Å². The summed E-state index contributed by atoms with van der Waals surface area (Å²) in [6.45, 7) is 2.89. The number of nitrogen functional groups attached to an aromatic ring is 1. The Morgan fingerprint density at radius 3 is 2.37 bits per heavy atom. The number of nitrogens with two attached hydrogens (primary N) is 1. The number of nitrogens with zero attached hydrogens (tertiary/aromatic N) is 5. The van der Waals surface area contributed by atoms with Crippen molar-refractivity contribution in [1.82, 2.24) is 15.0 Å². The van der Waals surface area contributed by atoms with Gasteiger partial charge in [0.25, 0.3) is 0 Å². The molecule has 2 aromatic rings. The number of aliphatic hydroxyl groups is 1. The third kappa shape index (κ3) is 4.11. The standard InChI is InChI=1S/C19H22F4N6O/c1-18(30)4-6-28(7-5-18)17-25-13(8-15(27-17)29-9-11(20)10-29)12-2-3-14(24)26-16(12)19(21,22)23/h2-3,8,11,30H,4-7,9-10H2,1H3,(H2,24,26). The average Bonchev–Trinajstić information content (AvgIpc) is 2.64. The van der Waals surface area contributed by atoms with Crippen molar-refractivity contribution < 1.29 is 22.7 Å². The first-order valence-electron chi connectivity index (χ1n) is 9.61. The number of rotatable bonds is 3. The fourth-order valence-electron chi connectivity index (χ4n) is 3.56. The minimum absolute atomic E-state index is 0.0365. The highest BCUT2D eigenvalue weighted by molar-refractivity contribution is 5.69. The van der Waals surface area contributed by atoms with Crippen molar-refractivity contribution in [2.45, 2.75) is 37.7 Å². The lowest BCUT2D eigenvalue weighted by molar-refractivity contribution is -0.140. The molecule has 2 aliphatic rings. The third-order valence-electron chi connectivity index (χ3n) is 5.45. The van der Waals surface area contributed by atoms with Crippen LogP contribution >= 0.6 is 0 Å². The van der Waals surface area contributed by atoms with Crippen molar-refractivity contribution in [3.05, 3.63) is 23.9 Å². The summed E-state index contributed by atoms with van der Waals surface area (Å²) in [7, 11) is 0. The van der Waals surface area contributed by atoms with Gasteiger partial charge >= 0.3 is 6.18 Å². The molecule has 2 aliphatic heterocycles. The average molecular weight is 426 g/mol. The lowest BCUT2D eigenvalue weighted by atomic mass is 9.94. The second-order valence-corrected chi connectivity index (χ2v) is 8.03. The van der Waals surface area contributed by atoms with E-state index in [1.165, 1.54) is 18.2 Å². The molecule has 0 bridgehead atoms. The van der Waals surface area contributed by atoms with Gasteiger partial charge in [-0.25, -0.2) is 14.4 Å². The van der Waals surface area contributed by atoms with E-state index in [4.69, 9.17) is 5.73 Å². The van der Waals surface area contributed by atoms with Gasteiger partial charge in [0.2, 0.25) is 5.95 Å². The summed E-state index contributed by atoms with van der Waals surface area (Å²) in [5.74, 6) is 0.346. The highest BCUT2D eigenvalue weighted by Gasteiger charge is 2.37. The van der Waals surface area contributed by atoms with Crippen LogP contribution in [0.3, 0.4) is 0 Å². The number of hydrogen-bond donors (Lipinski definition) is 2. The van der Waals surface area contributed by atoms with Crippen LogP contribution in [0.5, 0.6) is 0 Å². The summed E-state index contributed by atoms with van der Waals surface area (Å²) in [5, 5.41) is 10.2. The van der Waals surface area contributed by atoms with Crippen molar-refractivity contribution >= 4 is 17.6 Å². The van der Waals surface area contributed by atoms with Crippen LogP contribution in [0.15, 0.2) is 18.2 Å². The van der Waals surface area contributed by atoms with Gasteiger partial charge in [0.1, 0.15) is 17.8 Å². The molecule has 3 N–H and O–H groups in total. The third-order valence-corrected chi connectivity index (χ3v) is 5.45. The van der Waals surface area contributed by atoms with Crippen LogP contribution in [0.4, 0.5) is 35.1 Å². The lowest BCUT2D eigenvalue weighted by Gasteiger charge is -2.38. The van der Waals surface area contributed by atoms with Crippen LogP contribution in [-0.4, -0.2) is 58.0 Å². The Labute approximate surface area is 170 Å². The second kappa shape index (κ2) is 7.22. The molecule has 0 aliphatic carbocycles. The minimum atomic E-state index is -4.72. The molecule has 4 rings (SSSR count). The number of hydrogen-bond acceptors (Lipinski definition) is 7. The van der Waals surface area contributed by atoms with Crippen LogP contribution in [0.25, 0.3) is 11.3 Å². The molecule has 11 heteroatoms. The molecule has 4 heterocycles. The number of piperidine rings is 1. The van der Waals surface area contributed by atoms with Crippen LogP contribution in [0.2, 0.25) is 0 Å². The summed E-state index contributed by atoms with van der Waals surface area (Å²) in [6, 6.07) is 3.93. The molecule has 0 saturated carbocycles. The molecule has 30 heavy (non-hydrogen) atoms. The highest BCUT2D eigenvalue weighted by atomic mass is 19.4. The maximum atomic E-state index is 13.6. The number of aromatic nitrogens is 3. The first-order valence-corrected chi connectivity index (χ1v) is 9.61. The van der Waals surface area contributed by atoms with E-state index >= 15 is 0 Å². The zero-order valence-corrected chi connectivity index (χ0v) is 16.3. The Morgan fingerprint density at radius 2 is 1.77 bits per heavy atom. The van der Waals surface area contributed by atoms with E-state index in [9.17, 15) is 22.7 Å². The number of anilines is 3. The largest absolute Gasteiger partial charge is 0.434 e. The fourth-order valence-corrected chi connectivity index (χ4v) is 3.56. The molecule has 0 atom stereocenters. The zero-order valence-electron chi connectivity index (χ0n) is 16.3. The summed E-state index contributed by atoms with van der Waals surface area (Å²) < 4.78 is 54.1. The molecule has 162 valence electrons. The van der Waals surface area contributed by atoms with E-state index in [1.54, 1.807) is 11.8 Å². The minimum Gasteiger partial charge on any atom is -0.390 e. The van der Waals surface area contributed by atoms with Crippen LogP contribution < -0.4 is 15.5 Å². The predicted octanol–water partition coefficient (Wildman–Crippen LogP) is 2.65. The van der Waals surface area contributed by atoms with Gasteiger partial charge < -0.3 is 20.6 Å². The van der Waals surface area contributed by atoms with E-state index in [1.807, 2.05) is 4.90 Å². The molecule has 2 aromatic heterocycles. The molecular formula is C19H22F4N6O. The molecule has 0 radical (unpaired) electrons. The Kier molecular flexibility index (Phi) is 4.95. The summed E-state index contributed by atoms with van der Waals surface area (Å²) >= 11 is 0. The molecule has 0 amide bonds. The van der Waals surface area contributed by atoms with Crippen molar-refractivity contribution in [2.75, 3.05) is 41.7 Å². The van der Waals surface area contributed by atoms with Gasteiger partial charge in [-0.05, 0) is 31.9 Å². The Bertz CT molecular complexity index is 935. The summed E-state index contributed by atoms with van der Waals surface area (Å²) in [6.07, 6.45) is -4.77. The molecule has 0 spiro atoms. The van der Waals surface area contributed by atoms with Crippen molar-refractivity contribution in [1.29, 1.82) is 0 Å². The first kappa shape index (κ1) is 20.6. The van der Waals surface area contributed by atoms with Crippen LogP contribution in [0, 0.1) is 0 Å². The number of halogens is 4. The fraction of sp³-hybridized carbons (Fsp3) is 0.526. The van der Waals surface area contributed by atoms with Gasteiger partial charge in [-0.3, -0.25) is 0 Å².